The zero-order valence-electron chi connectivity index (χ0n) is 12.2. The Morgan fingerprint density at radius 3 is 2.68 bits per heavy atom. The van der Waals surface area contributed by atoms with Crippen LogP contribution in [0.1, 0.15) is 50.5 Å². The molecule has 2 nitrogen and oxygen atoms in total. The summed E-state index contributed by atoms with van der Waals surface area (Å²) in [6.45, 7) is 5.45. The van der Waals surface area contributed by atoms with Gasteiger partial charge in [-0.3, -0.25) is 4.90 Å². The molecule has 1 fully saturated rings. The predicted octanol–water partition coefficient (Wildman–Crippen LogP) is 3.38. The number of hydrogen-bond donors (Lipinski definition) is 1. The molecule has 2 unspecified atom stereocenters. The van der Waals surface area contributed by atoms with E-state index in [4.69, 9.17) is 5.73 Å². The number of hydrogen-bond acceptors (Lipinski definition) is 2. The van der Waals surface area contributed by atoms with Crippen LogP contribution in [0.4, 0.5) is 0 Å². The normalized spacial score (nSPS) is 22.9. The van der Waals surface area contributed by atoms with Crippen LogP contribution >= 0.6 is 0 Å². The van der Waals surface area contributed by atoms with Crippen molar-refractivity contribution >= 4 is 0 Å². The number of nitrogens with zero attached hydrogens (tertiary/aromatic N) is 1. The second-order valence-corrected chi connectivity index (χ2v) is 5.75. The lowest BCUT2D eigenvalue weighted by molar-refractivity contribution is 0.183. The van der Waals surface area contributed by atoms with Gasteiger partial charge < -0.3 is 5.73 Å². The molecule has 2 N–H and O–H groups in total. The van der Waals surface area contributed by atoms with E-state index in [0.29, 0.717) is 5.92 Å². The molecular weight excluding hydrogens is 232 g/mol. The highest BCUT2D eigenvalue weighted by atomic mass is 15.2. The molecule has 0 aromatic heterocycles. The first-order valence-corrected chi connectivity index (χ1v) is 7.84. The monoisotopic (exact) mass is 260 g/mol. The third kappa shape index (κ3) is 4.05. The van der Waals surface area contributed by atoms with Crippen LogP contribution in [0.3, 0.4) is 0 Å². The van der Waals surface area contributed by atoms with Gasteiger partial charge in [-0.2, -0.15) is 0 Å². The molecular formula is C17H28N2. The molecule has 19 heavy (non-hydrogen) atoms. The van der Waals surface area contributed by atoms with E-state index >= 15 is 0 Å². The summed E-state index contributed by atoms with van der Waals surface area (Å²) < 4.78 is 0. The third-order valence-corrected chi connectivity index (χ3v) is 4.48. The van der Waals surface area contributed by atoms with Gasteiger partial charge in [-0.25, -0.2) is 0 Å². The Balaban J connectivity index is 2.03. The fraction of sp³-hybridized carbons (Fsp3) is 0.647. The molecule has 1 aliphatic rings. The van der Waals surface area contributed by atoms with Crippen molar-refractivity contribution in [2.75, 3.05) is 19.6 Å². The molecule has 2 heteroatoms. The Morgan fingerprint density at radius 2 is 2.00 bits per heavy atom. The molecule has 1 aromatic carbocycles. The number of benzene rings is 1. The largest absolute Gasteiger partial charge is 0.330 e. The van der Waals surface area contributed by atoms with Crippen molar-refractivity contribution in [2.45, 2.75) is 51.0 Å². The Bertz CT molecular complexity index is 350. The maximum atomic E-state index is 6.02. The smallest absolute Gasteiger partial charge is 0.00928 e. The summed E-state index contributed by atoms with van der Waals surface area (Å²) in [5, 5.41) is 0. The standard InChI is InChI=1S/C17H28N2/c1-2-17-11-7-4-8-12-19(17)14-16(13-18)15-9-5-3-6-10-15/h3,5-6,9-10,16-17H,2,4,7-8,11-14,18H2,1H3. The van der Waals surface area contributed by atoms with Crippen molar-refractivity contribution in [3.8, 4) is 0 Å². The summed E-state index contributed by atoms with van der Waals surface area (Å²) in [5.74, 6) is 0.480. The maximum absolute atomic E-state index is 6.02. The van der Waals surface area contributed by atoms with E-state index in [1.807, 2.05) is 0 Å². The summed E-state index contributed by atoms with van der Waals surface area (Å²) in [4.78, 5) is 2.69. The van der Waals surface area contributed by atoms with Crippen molar-refractivity contribution in [3.63, 3.8) is 0 Å². The number of nitrogens with two attached hydrogens (primary N) is 1. The van der Waals surface area contributed by atoms with E-state index in [-0.39, 0.29) is 0 Å². The summed E-state index contributed by atoms with van der Waals surface area (Å²) in [5.41, 5.74) is 7.41. The quantitative estimate of drug-likeness (QED) is 0.879. The molecule has 1 saturated heterocycles. The lowest BCUT2D eigenvalue weighted by Crippen LogP contribution is -2.39. The highest BCUT2D eigenvalue weighted by molar-refractivity contribution is 5.20. The molecule has 1 aromatic rings. The van der Waals surface area contributed by atoms with Gasteiger partial charge in [-0.15, -0.1) is 0 Å². The van der Waals surface area contributed by atoms with E-state index in [1.165, 1.54) is 44.2 Å². The SMILES string of the molecule is CCC1CCCCCN1CC(CN)c1ccccc1. The first-order valence-electron chi connectivity index (χ1n) is 7.84. The van der Waals surface area contributed by atoms with Gasteiger partial charge in [0.2, 0.25) is 0 Å². The lowest BCUT2D eigenvalue weighted by Gasteiger charge is -2.32. The van der Waals surface area contributed by atoms with E-state index in [2.05, 4.69) is 42.2 Å². The summed E-state index contributed by atoms with van der Waals surface area (Å²) in [6, 6.07) is 11.5. The van der Waals surface area contributed by atoms with Crippen LogP contribution in [0.2, 0.25) is 0 Å². The fourth-order valence-electron chi connectivity index (χ4n) is 3.26. The summed E-state index contributed by atoms with van der Waals surface area (Å²) >= 11 is 0. The van der Waals surface area contributed by atoms with Crippen molar-refractivity contribution in [1.29, 1.82) is 0 Å². The summed E-state index contributed by atoms with van der Waals surface area (Å²) in [7, 11) is 0. The topological polar surface area (TPSA) is 29.3 Å². The lowest BCUT2D eigenvalue weighted by atomic mass is 9.97. The van der Waals surface area contributed by atoms with E-state index in [1.54, 1.807) is 0 Å². The third-order valence-electron chi connectivity index (χ3n) is 4.48. The Kier molecular flexibility index (Phi) is 5.87. The molecule has 106 valence electrons. The number of likely N-dealkylation sites (tertiary alicyclic amines) is 1. The fourth-order valence-corrected chi connectivity index (χ4v) is 3.26. The maximum Gasteiger partial charge on any atom is 0.00928 e. The van der Waals surface area contributed by atoms with Crippen LogP contribution in [-0.4, -0.2) is 30.6 Å². The molecule has 0 radical (unpaired) electrons. The van der Waals surface area contributed by atoms with Crippen molar-refractivity contribution < 1.29 is 0 Å². The highest BCUT2D eigenvalue weighted by Crippen LogP contribution is 2.23. The molecule has 0 spiro atoms. The first kappa shape index (κ1) is 14.5. The Hall–Kier alpha value is -0.860. The highest BCUT2D eigenvalue weighted by Gasteiger charge is 2.22. The van der Waals surface area contributed by atoms with Gasteiger partial charge in [0.15, 0.2) is 0 Å². The van der Waals surface area contributed by atoms with Crippen LogP contribution in [-0.2, 0) is 0 Å². The molecule has 0 aliphatic carbocycles. The molecule has 0 amide bonds. The van der Waals surface area contributed by atoms with Gasteiger partial charge in [0.25, 0.3) is 0 Å². The Labute approximate surface area is 118 Å². The minimum atomic E-state index is 0.480. The zero-order valence-corrected chi connectivity index (χ0v) is 12.2. The van der Waals surface area contributed by atoms with Crippen LogP contribution in [0.15, 0.2) is 30.3 Å². The van der Waals surface area contributed by atoms with Crippen LogP contribution in [0, 0.1) is 0 Å². The molecule has 0 saturated carbocycles. The average molecular weight is 260 g/mol. The molecule has 1 heterocycles. The predicted molar refractivity (Wildman–Crippen MR) is 82.4 cm³/mol. The molecule has 1 aliphatic heterocycles. The minimum absolute atomic E-state index is 0.480. The van der Waals surface area contributed by atoms with Gasteiger partial charge in [0, 0.05) is 25.0 Å². The molecule has 2 atom stereocenters. The minimum Gasteiger partial charge on any atom is -0.330 e. The van der Waals surface area contributed by atoms with Gasteiger partial charge in [0.05, 0.1) is 0 Å². The van der Waals surface area contributed by atoms with Gasteiger partial charge in [0.1, 0.15) is 0 Å². The van der Waals surface area contributed by atoms with Crippen LogP contribution < -0.4 is 5.73 Å². The van der Waals surface area contributed by atoms with Crippen LogP contribution in [0.25, 0.3) is 0 Å². The second-order valence-electron chi connectivity index (χ2n) is 5.75. The summed E-state index contributed by atoms with van der Waals surface area (Å²) in [6.07, 6.45) is 6.77. The van der Waals surface area contributed by atoms with E-state index < -0.39 is 0 Å². The number of rotatable bonds is 5. The van der Waals surface area contributed by atoms with Crippen molar-refractivity contribution in [1.82, 2.24) is 4.90 Å². The zero-order chi connectivity index (χ0) is 13.5. The van der Waals surface area contributed by atoms with E-state index in [0.717, 1.165) is 19.1 Å². The van der Waals surface area contributed by atoms with Gasteiger partial charge in [-0.1, -0.05) is 50.1 Å². The van der Waals surface area contributed by atoms with E-state index in [9.17, 15) is 0 Å². The van der Waals surface area contributed by atoms with Crippen molar-refractivity contribution in [3.05, 3.63) is 35.9 Å². The van der Waals surface area contributed by atoms with Gasteiger partial charge >= 0.3 is 0 Å². The second kappa shape index (κ2) is 7.66. The average Bonchev–Trinajstić information content (AvgIpc) is 2.70. The van der Waals surface area contributed by atoms with Crippen LogP contribution in [0.5, 0.6) is 0 Å². The Morgan fingerprint density at radius 1 is 1.21 bits per heavy atom. The first-order chi connectivity index (χ1) is 9.35. The van der Waals surface area contributed by atoms with Crippen molar-refractivity contribution in [2.24, 2.45) is 5.73 Å². The molecule has 0 bridgehead atoms. The molecule has 2 rings (SSSR count). The van der Waals surface area contributed by atoms with Gasteiger partial charge in [-0.05, 0) is 31.4 Å².